The minimum Gasteiger partial charge on any atom is -0.309 e. The molecule has 0 radical (unpaired) electrons. The fraction of sp³-hybridized carbons (Fsp3) is 0. The summed E-state index contributed by atoms with van der Waals surface area (Å²) < 4.78 is 2.38. The van der Waals surface area contributed by atoms with Crippen molar-refractivity contribution < 1.29 is 0 Å². The summed E-state index contributed by atoms with van der Waals surface area (Å²) >= 11 is 0. The molecule has 0 bridgehead atoms. The highest BCUT2D eigenvalue weighted by Gasteiger charge is 2.20. The zero-order valence-corrected chi connectivity index (χ0v) is 26.2. The number of hydrogen-bond donors (Lipinski definition) is 0. The third kappa shape index (κ3) is 4.31. The van der Waals surface area contributed by atoms with E-state index in [1.165, 1.54) is 10.8 Å². The van der Waals surface area contributed by atoms with Crippen LogP contribution < -0.4 is 0 Å². The highest BCUT2D eigenvalue weighted by molar-refractivity contribution is 6.32. The second-order valence-corrected chi connectivity index (χ2v) is 12.1. The zero-order valence-electron chi connectivity index (χ0n) is 26.2. The van der Waals surface area contributed by atoms with Gasteiger partial charge in [-0.3, -0.25) is 9.97 Å². The highest BCUT2D eigenvalue weighted by Crippen LogP contribution is 2.42. The minimum atomic E-state index is 0.617. The average molecular weight is 627 g/mol. The van der Waals surface area contributed by atoms with Gasteiger partial charge in [0, 0.05) is 61.7 Å². The van der Waals surface area contributed by atoms with Gasteiger partial charge in [-0.15, -0.1) is 0 Å². The number of benzene rings is 7. The maximum Gasteiger partial charge on any atom is 0.164 e. The lowest BCUT2D eigenvalue weighted by Crippen LogP contribution is -2.01. The van der Waals surface area contributed by atoms with Gasteiger partial charge in [0.25, 0.3) is 0 Å². The predicted octanol–water partition coefficient (Wildman–Crippen LogP) is 10.2. The molecule has 0 saturated heterocycles. The Hall–Kier alpha value is -6.79. The van der Waals surface area contributed by atoms with Crippen LogP contribution >= 0.6 is 0 Å². The molecule has 0 aliphatic rings. The molecule has 7 aromatic carbocycles. The molecule has 10 aromatic rings. The van der Waals surface area contributed by atoms with Crippen molar-refractivity contribution in [3.8, 4) is 39.9 Å². The standard InChI is InChI=1S/C43H26N6/c1-3-12-27(13-4-1)41-46-42(28-14-5-2-6-15-28)48-43(47-41)29-16-11-17-30(26-29)49-36-21-10-9-18-31(36)34-22-23-35-37(40(34)49)32-19-7-8-20-33(32)38-39(35)45-25-24-44-38/h1-26H. The molecule has 0 saturated carbocycles. The van der Waals surface area contributed by atoms with Crippen molar-refractivity contribution in [1.29, 1.82) is 0 Å². The maximum atomic E-state index is 5.02. The molecular formula is C43H26N6. The molecule has 49 heavy (non-hydrogen) atoms. The lowest BCUT2D eigenvalue weighted by atomic mass is 9.97. The van der Waals surface area contributed by atoms with Crippen LogP contribution in [0.2, 0.25) is 0 Å². The number of aromatic nitrogens is 6. The summed E-state index contributed by atoms with van der Waals surface area (Å²) in [5.74, 6) is 1.89. The van der Waals surface area contributed by atoms with E-state index >= 15 is 0 Å². The summed E-state index contributed by atoms with van der Waals surface area (Å²) in [6.07, 6.45) is 3.55. The molecule has 6 nitrogen and oxygen atoms in total. The Kier molecular flexibility index (Phi) is 6.08. The van der Waals surface area contributed by atoms with E-state index in [1.54, 1.807) is 12.4 Å². The van der Waals surface area contributed by atoms with Gasteiger partial charge in [0.05, 0.1) is 22.1 Å². The Morgan fingerprint density at radius 3 is 1.61 bits per heavy atom. The van der Waals surface area contributed by atoms with Gasteiger partial charge in [-0.1, -0.05) is 127 Å². The summed E-state index contributed by atoms with van der Waals surface area (Å²) in [6.45, 7) is 0. The third-order valence-electron chi connectivity index (χ3n) is 9.30. The summed E-state index contributed by atoms with van der Waals surface area (Å²) in [7, 11) is 0. The molecule has 0 unspecified atom stereocenters. The van der Waals surface area contributed by atoms with E-state index in [4.69, 9.17) is 24.9 Å². The Morgan fingerprint density at radius 1 is 0.388 bits per heavy atom. The number of para-hydroxylation sites is 1. The molecule has 6 heteroatoms. The summed E-state index contributed by atoms with van der Waals surface area (Å²) in [5, 5.41) is 6.83. The smallest absolute Gasteiger partial charge is 0.164 e. The molecule has 0 amide bonds. The van der Waals surface area contributed by atoms with E-state index in [1.807, 2.05) is 60.7 Å². The monoisotopic (exact) mass is 626 g/mol. The first kappa shape index (κ1) is 27.3. The third-order valence-corrected chi connectivity index (χ3v) is 9.30. The largest absolute Gasteiger partial charge is 0.309 e. The van der Waals surface area contributed by atoms with Gasteiger partial charge in [-0.05, 0) is 23.6 Å². The molecule has 0 spiro atoms. The molecule has 0 N–H and O–H groups in total. The van der Waals surface area contributed by atoms with Gasteiger partial charge in [0.1, 0.15) is 0 Å². The number of fused-ring (bicyclic) bond motifs is 10. The Morgan fingerprint density at radius 2 is 0.918 bits per heavy atom. The number of rotatable bonds is 4. The van der Waals surface area contributed by atoms with Crippen LogP contribution in [0.1, 0.15) is 0 Å². The molecule has 3 heterocycles. The van der Waals surface area contributed by atoms with Crippen LogP contribution in [0, 0.1) is 0 Å². The van der Waals surface area contributed by atoms with Gasteiger partial charge in [0.15, 0.2) is 17.5 Å². The van der Waals surface area contributed by atoms with Crippen LogP contribution in [0.3, 0.4) is 0 Å². The van der Waals surface area contributed by atoms with Crippen LogP contribution in [-0.4, -0.2) is 29.5 Å². The minimum absolute atomic E-state index is 0.617. The quantitative estimate of drug-likeness (QED) is 0.182. The van der Waals surface area contributed by atoms with E-state index in [0.717, 1.165) is 66.0 Å². The zero-order chi connectivity index (χ0) is 32.3. The van der Waals surface area contributed by atoms with Crippen LogP contribution in [0.15, 0.2) is 158 Å². The van der Waals surface area contributed by atoms with E-state index in [2.05, 4.69) is 89.5 Å². The second kappa shape index (κ2) is 10.9. The Bertz CT molecular complexity index is 2790. The molecule has 0 fully saturated rings. The van der Waals surface area contributed by atoms with Gasteiger partial charge < -0.3 is 4.57 Å². The molecule has 3 aromatic heterocycles. The fourth-order valence-corrected chi connectivity index (χ4v) is 7.16. The first-order chi connectivity index (χ1) is 24.3. The molecule has 10 rings (SSSR count). The van der Waals surface area contributed by atoms with E-state index in [0.29, 0.717) is 17.5 Å². The van der Waals surface area contributed by atoms with E-state index in [-0.39, 0.29) is 0 Å². The van der Waals surface area contributed by atoms with Crippen molar-refractivity contribution in [2.24, 2.45) is 0 Å². The molecule has 0 aliphatic carbocycles. The van der Waals surface area contributed by atoms with Crippen molar-refractivity contribution in [3.63, 3.8) is 0 Å². The van der Waals surface area contributed by atoms with Crippen LogP contribution in [-0.2, 0) is 0 Å². The lowest BCUT2D eigenvalue weighted by Gasteiger charge is -2.14. The molecule has 0 atom stereocenters. The summed E-state index contributed by atoms with van der Waals surface area (Å²) in [6, 6.07) is 50.2. The fourth-order valence-electron chi connectivity index (χ4n) is 7.16. The van der Waals surface area contributed by atoms with Gasteiger partial charge in [-0.2, -0.15) is 0 Å². The lowest BCUT2D eigenvalue weighted by molar-refractivity contribution is 1.07. The normalized spacial score (nSPS) is 11.7. The van der Waals surface area contributed by atoms with Crippen molar-refractivity contribution in [2.45, 2.75) is 0 Å². The first-order valence-corrected chi connectivity index (χ1v) is 16.3. The highest BCUT2D eigenvalue weighted by atomic mass is 15.0. The van der Waals surface area contributed by atoms with Crippen LogP contribution in [0.25, 0.3) is 94.2 Å². The average Bonchev–Trinajstić information content (AvgIpc) is 3.53. The number of hydrogen-bond acceptors (Lipinski definition) is 5. The van der Waals surface area contributed by atoms with Gasteiger partial charge >= 0.3 is 0 Å². The van der Waals surface area contributed by atoms with Gasteiger partial charge in [-0.25, -0.2) is 15.0 Å². The summed E-state index contributed by atoms with van der Waals surface area (Å²) in [5.41, 5.74) is 7.86. The molecule has 0 aliphatic heterocycles. The predicted molar refractivity (Wildman–Crippen MR) is 199 cm³/mol. The molecular weight excluding hydrogens is 601 g/mol. The van der Waals surface area contributed by atoms with Gasteiger partial charge in [0.2, 0.25) is 0 Å². The van der Waals surface area contributed by atoms with Crippen LogP contribution in [0.5, 0.6) is 0 Å². The topological polar surface area (TPSA) is 69.4 Å². The van der Waals surface area contributed by atoms with E-state index in [9.17, 15) is 0 Å². The SMILES string of the molecule is c1ccc(-c2nc(-c3ccccc3)nc(-c3cccc(-n4c5ccccc5c5ccc6c7nccnc7c7ccccc7c6c54)c3)n2)cc1. The first-order valence-electron chi connectivity index (χ1n) is 16.3. The summed E-state index contributed by atoms with van der Waals surface area (Å²) in [4.78, 5) is 24.6. The van der Waals surface area contributed by atoms with Crippen molar-refractivity contribution in [1.82, 2.24) is 29.5 Å². The Balaban J connectivity index is 1.28. The molecule has 228 valence electrons. The van der Waals surface area contributed by atoms with Crippen LogP contribution in [0.4, 0.5) is 0 Å². The van der Waals surface area contributed by atoms with E-state index < -0.39 is 0 Å². The Labute approximate surface area is 281 Å². The maximum absolute atomic E-state index is 5.02. The number of nitrogens with zero attached hydrogens (tertiary/aromatic N) is 6. The van der Waals surface area contributed by atoms with Crippen molar-refractivity contribution >= 4 is 54.4 Å². The van der Waals surface area contributed by atoms with Crippen molar-refractivity contribution in [3.05, 3.63) is 158 Å². The second-order valence-electron chi connectivity index (χ2n) is 12.1. The van der Waals surface area contributed by atoms with Crippen molar-refractivity contribution in [2.75, 3.05) is 0 Å².